The van der Waals surface area contributed by atoms with E-state index in [0.717, 1.165) is 6.42 Å². The van der Waals surface area contributed by atoms with Gasteiger partial charge in [-0.2, -0.15) is 0 Å². The lowest BCUT2D eigenvalue weighted by Crippen LogP contribution is -2.22. The van der Waals surface area contributed by atoms with Crippen LogP contribution >= 0.6 is 0 Å². The molecule has 0 aromatic rings. The van der Waals surface area contributed by atoms with Gasteiger partial charge in [0.1, 0.15) is 6.10 Å². The number of aliphatic hydroxyl groups excluding tert-OH is 2. The average Bonchev–Trinajstić information content (AvgIpc) is 1.99. The SMILES string of the molecule is CCC(C)OCC(O)CO. The Morgan fingerprint density at radius 2 is 2.10 bits per heavy atom. The van der Waals surface area contributed by atoms with Crippen molar-refractivity contribution >= 4 is 0 Å². The summed E-state index contributed by atoms with van der Waals surface area (Å²) in [5.41, 5.74) is 0. The third-order valence-electron chi connectivity index (χ3n) is 1.36. The molecule has 0 saturated heterocycles. The molecule has 0 saturated carbocycles. The highest BCUT2D eigenvalue weighted by atomic mass is 16.5. The Labute approximate surface area is 61.6 Å². The van der Waals surface area contributed by atoms with Crippen molar-refractivity contribution in [2.75, 3.05) is 13.2 Å². The number of hydrogen-bond acceptors (Lipinski definition) is 3. The standard InChI is InChI=1S/C7H16O3/c1-3-6(2)10-5-7(9)4-8/h6-9H,3-5H2,1-2H3. The van der Waals surface area contributed by atoms with Gasteiger partial charge in [-0.05, 0) is 13.3 Å². The number of aliphatic hydroxyl groups is 2. The molecule has 0 amide bonds. The summed E-state index contributed by atoms with van der Waals surface area (Å²) in [5, 5.41) is 17.2. The van der Waals surface area contributed by atoms with Crippen LogP contribution in [0.2, 0.25) is 0 Å². The third-order valence-corrected chi connectivity index (χ3v) is 1.36. The molecule has 2 N–H and O–H groups in total. The Morgan fingerprint density at radius 1 is 1.50 bits per heavy atom. The predicted octanol–water partition coefficient (Wildman–Crippen LogP) is 0.155. The van der Waals surface area contributed by atoms with E-state index in [9.17, 15) is 0 Å². The molecule has 3 nitrogen and oxygen atoms in total. The van der Waals surface area contributed by atoms with Crippen LogP contribution in [0, 0.1) is 0 Å². The van der Waals surface area contributed by atoms with Crippen molar-refractivity contribution in [3.8, 4) is 0 Å². The second kappa shape index (κ2) is 5.65. The Hall–Kier alpha value is -0.120. The molecule has 0 aliphatic rings. The van der Waals surface area contributed by atoms with Gasteiger partial charge in [0.2, 0.25) is 0 Å². The third kappa shape index (κ3) is 4.73. The van der Waals surface area contributed by atoms with Crippen molar-refractivity contribution in [1.82, 2.24) is 0 Å². The molecule has 0 aromatic heterocycles. The molecule has 10 heavy (non-hydrogen) atoms. The molecule has 3 heteroatoms. The summed E-state index contributed by atoms with van der Waals surface area (Å²) in [5.74, 6) is 0. The molecular weight excluding hydrogens is 132 g/mol. The smallest absolute Gasteiger partial charge is 0.100 e. The van der Waals surface area contributed by atoms with Gasteiger partial charge in [-0.25, -0.2) is 0 Å². The normalized spacial score (nSPS) is 16.8. The van der Waals surface area contributed by atoms with E-state index in [1.165, 1.54) is 0 Å². The van der Waals surface area contributed by atoms with Crippen LogP contribution in [0.1, 0.15) is 20.3 Å². The molecule has 0 fully saturated rings. The number of rotatable bonds is 5. The van der Waals surface area contributed by atoms with Crippen LogP contribution in [0.5, 0.6) is 0 Å². The predicted molar refractivity (Wildman–Crippen MR) is 38.8 cm³/mol. The van der Waals surface area contributed by atoms with Crippen molar-refractivity contribution in [2.45, 2.75) is 32.5 Å². The zero-order valence-corrected chi connectivity index (χ0v) is 6.58. The first-order valence-corrected chi connectivity index (χ1v) is 3.61. The lowest BCUT2D eigenvalue weighted by molar-refractivity contribution is -0.0233. The highest BCUT2D eigenvalue weighted by molar-refractivity contribution is 4.51. The first kappa shape index (κ1) is 9.88. The second-order valence-corrected chi connectivity index (χ2v) is 2.39. The summed E-state index contributed by atoms with van der Waals surface area (Å²) >= 11 is 0. The van der Waals surface area contributed by atoms with Gasteiger partial charge < -0.3 is 14.9 Å². The molecule has 0 spiro atoms. The topological polar surface area (TPSA) is 49.7 Å². The molecule has 0 bridgehead atoms. The number of ether oxygens (including phenoxy) is 1. The first-order valence-electron chi connectivity index (χ1n) is 3.61. The van der Waals surface area contributed by atoms with Gasteiger partial charge in [0.15, 0.2) is 0 Å². The molecule has 0 heterocycles. The highest BCUT2D eigenvalue weighted by Gasteiger charge is 2.04. The van der Waals surface area contributed by atoms with E-state index in [-0.39, 0.29) is 19.3 Å². The maximum atomic E-state index is 8.83. The molecule has 0 aromatic carbocycles. The fourth-order valence-electron chi connectivity index (χ4n) is 0.446. The van der Waals surface area contributed by atoms with Crippen LogP contribution in [0.3, 0.4) is 0 Å². The minimum Gasteiger partial charge on any atom is -0.394 e. The van der Waals surface area contributed by atoms with Gasteiger partial charge in [-0.15, -0.1) is 0 Å². The van der Waals surface area contributed by atoms with E-state index in [1.54, 1.807) is 0 Å². The van der Waals surface area contributed by atoms with E-state index < -0.39 is 6.10 Å². The van der Waals surface area contributed by atoms with Gasteiger partial charge in [-0.3, -0.25) is 0 Å². The van der Waals surface area contributed by atoms with Crippen molar-refractivity contribution in [3.05, 3.63) is 0 Å². The zero-order chi connectivity index (χ0) is 7.98. The largest absolute Gasteiger partial charge is 0.394 e. The second-order valence-electron chi connectivity index (χ2n) is 2.39. The lowest BCUT2D eigenvalue weighted by atomic mass is 10.3. The van der Waals surface area contributed by atoms with Crippen LogP contribution in [0.4, 0.5) is 0 Å². The Morgan fingerprint density at radius 3 is 2.50 bits per heavy atom. The molecule has 0 aliphatic heterocycles. The van der Waals surface area contributed by atoms with Crippen molar-refractivity contribution in [1.29, 1.82) is 0 Å². The fraction of sp³-hybridized carbons (Fsp3) is 1.00. The van der Waals surface area contributed by atoms with Crippen LogP contribution in [0.15, 0.2) is 0 Å². The molecule has 62 valence electrons. The Kier molecular flexibility index (Phi) is 5.58. The van der Waals surface area contributed by atoms with Gasteiger partial charge in [0.05, 0.1) is 19.3 Å². The minimum absolute atomic E-state index is 0.168. The molecule has 0 radical (unpaired) electrons. The van der Waals surface area contributed by atoms with E-state index in [2.05, 4.69) is 0 Å². The summed E-state index contributed by atoms with van der Waals surface area (Å²) in [6.07, 6.45) is 0.369. The van der Waals surface area contributed by atoms with E-state index in [0.29, 0.717) is 0 Å². The Balaban J connectivity index is 3.17. The Bertz CT molecular complexity index is 65.3. The van der Waals surface area contributed by atoms with Gasteiger partial charge in [0.25, 0.3) is 0 Å². The lowest BCUT2D eigenvalue weighted by Gasteiger charge is -2.12. The van der Waals surface area contributed by atoms with Crippen LogP contribution in [0.25, 0.3) is 0 Å². The molecule has 0 rings (SSSR count). The average molecular weight is 148 g/mol. The summed E-state index contributed by atoms with van der Waals surface area (Å²) < 4.78 is 5.13. The molecule has 2 atom stereocenters. The van der Waals surface area contributed by atoms with Gasteiger partial charge in [0, 0.05) is 0 Å². The maximum absolute atomic E-state index is 8.83. The van der Waals surface area contributed by atoms with Crippen LogP contribution in [-0.2, 0) is 4.74 Å². The van der Waals surface area contributed by atoms with Crippen LogP contribution in [-0.4, -0.2) is 35.6 Å². The molecule has 0 aliphatic carbocycles. The molecule has 2 unspecified atom stereocenters. The minimum atomic E-state index is -0.728. The summed E-state index contributed by atoms with van der Waals surface area (Å²) in [4.78, 5) is 0. The van der Waals surface area contributed by atoms with Crippen LogP contribution < -0.4 is 0 Å². The van der Waals surface area contributed by atoms with E-state index >= 15 is 0 Å². The summed E-state index contributed by atoms with van der Waals surface area (Å²) in [6.45, 7) is 3.95. The van der Waals surface area contributed by atoms with E-state index in [1.807, 2.05) is 13.8 Å². The number of hydrogen-bond donors (Lipinski definition) is 2. The van der Waals surface area contributed by atoms with Gasteiger partial charge in [-0.1, -0.05) is 6.92 Å². The molecular formula is C7H16O3. The maximum Gasteiger partial charge on any atom is 0.100 e. The highest BCUT2D eigenvalue weighted by Crippen LogP contribution is 1.96. The fourth-order valence-corrected chi connectivity index (χ4v) is 0.446. The van der Waals surface area contributed by atoms with Crippen molar-refractivity contribution < 1.29 is 14.9 Å². The zero-order valence-electron chi connectivity index (χ0n) is 6.58. The van der Waals surface area contributed by atoms with Crippen molar-refractivity contribution in [3.63, 3.8) is 0 Å². The van der Waals surface area contributed by atoms with Crippen molar-refractivity contribution in [2.24, 2.45) is 0 Å². The first-order chi connectivity index (χ1) is 4.70. The van der Waals surface area contributed by atoms with E-state index in [4.69, 9.17) is 14.9 Å². The summed E-state index contributed by atoms with van der Waals surface area (Å²) in [6, 6.07) is 0. The summed E-state index contributed by atoms with van der Waals surface area (Å²) in [7, 11) is 0. The monoisotopic (exact) mass is 148 g/mol. The quantitative estimate of drug-likeness (QED) is 0.583. The van der Waals surface area contributed by atoms with Gasteiger partial charge >= 0.3 is 0 Å².